The van der Waals surface area contributed by atoms with Crippen LogP contribution in [-0.2, 0) is 4.79 Å². The molecular weight excluding hydrogens is 265 g/mol. The van der Waals surface area contributed by atoms with Crippen molar-refractivity contribution in [3.63, 3.8) is 0 Å². The maximum atomic E-state index is 13.6. The number of anilines is 1. The van der Waals surface area contributed by atoms with E-state index in [0.29, 0.717) is 0 Å². The SMILES string of the molecule is O=C(CNc1ccc([N+](=O)[O-])cc1F)N1CCCCC1. The van der Waals surface area contributed by atoms with Crippen LogP contribution in [0.4, 0.5) is 15.8 Å². The number of piperidine rings is 1. The molecule has 1 aromatic carbocycles. The topological polar surface area (TPSA) is 75.5 Å². The Morgan fingerprint density at radius 3 is 2.65 bits per heavy atom. The average Bonchev–Trinajstić information content (AvgIpc) is 2.46. The lowest BCUT2D eigenvalue weighted by molar-refractivity contribution is -0.385. The Kier molecular flexibility index (Phi) is 4.49. The maximum absolute atomic E-state index is 13.6. The van der Waals surface area contributed by atoms with Gasteiger partial charge in [0.2, 0.25) is 5.91 Å². The number of carbonyl (C=O) groups is 1. The molecule has 1 fully saturated rings. The van der Waals surface area contributed by atoms with Gasteiger partial charge in [-0.25, -0.2) is 4.39 Å². The lowest BCUT2D eigenvalue weighted by Gasteiger charge is -2.26. The van der Waals surface area contributed by atoms with Gasteiger partial charge < -0.3 is 10.2 Å². The number of carbonyl (C=O) groups excluding carboxylic acids is 1. The van der Waals surface area contributed by atoms with Gasteiger partial charge in [0, 0.05) is 19.2 Å². The van der Waals surface area contributed by atoms with E-state index in [0.717, 1.165) is 38.4 Å². The average molecular weight is 281 g/mol. The van der Waals surface area contributed by atoms with E-state index < -0.39 is 10.7 Å². The highest BCUT2D eigenvalue weighted by molar-refractivity contribution is 5.81. The summed E-state index contributed by atoms with van der Waals surface area (Å²) in [5, 5.41) is 13.2. The maximum Gasteiger partial charge on any atom is 0.272 e. The monoisotopic (exact) mass is 281 g/mol. The van der Waals surface area contributed by atoms with Gasteiger partial charge in [0.25, 0.3) is 5.69 Å². The Hall–Kier alpha value is -2.18. The van der Waals surface area contributed by atoms with E-state index in [1.54, 1.807) is 4.90 Å². The second-order valence-electron chi connectivity index (χ2n) is 4.72. The number of nitro groups is 1. The van der Waals surface area contributed by atoms with Gasteiger partial charge in [-0.1, -0.05) is 0 Å². The second kappa shape index (κ2) is 6.31. The molecule has 1 aromatic rings. The van der Waals surface area contributed by atoms with Crippen LogP contribution < -0.4 is 5.32 Å². The normalized spacial score (nSPS) is 14.9. The second-order valence-corrected chi connectivity index (χ2v) is 4.72. The molecule has 1 saturated heterocycles. The fourth-order valence-electron chi connectivity index (χ4n) is 2.19. The third kappa shape index (κ3) is 3.43. The van der Waals surface area contributed by atoms with Gasteiger partial charge in [-0.15, -0.1) is 0 Å². The fraction of sp³-hybridized carbons (Fsp3) is 0.462. The van der Waals surface area contributed by atoms with Crippen molar-refractivity contribution in [3.8, 4) is 0 Å². The van der Waals surface area contributed by atoms with Gasteiger partial charge >= 0.3 is 0 Å². The molecule has 0 radical (unpaired) electrons. The van der Waals surface area contributed by atoms with Crippen molar-refractivity contribution in [3.05, 3.63) is 34.1 Å². The van der Waals surface area contributed by atoms with Crippen LogP contribution in [0.15, 0.2) is 18.2 Å². The standard InChI is InChI=1S/C13H16FN3O3/c14-11-8-10(17(19)20)4-5-12(11)15-9-13(18)16-6-2-1-3-7-16/h4-5,8,15H,1-3,6-7,9H2. The minimum absolute atomic E-state index is 0.00523. The van der Waals surface area contributed by atoms with Crippen LogP contribution in [0.1, 0.15) is 19.3 Å². The third-order valence-electron chi connectivity index (χ3n) is 3.30. The van der Waals surface area contributed by atoms with Crippen LogP contribution in [0.2, 0.25) is 0 Å². The molecule has 0 saturated carbocycles. The molecule has 0 aromatic heterocycles. The van der Waals surface area contributed by atoms with Gasteiger partial charge in [-0.2, -0.15) is 0 Å². The highest BCUT2D eigenvalue weighted by atomic mass is 19.1. The molecule has 0 unspecified atom stereocenters. The van der Waals surface area contributed by atoms with Gasteiger partial charge in [-0.05, 0) is 25.3 Å². The molecule has 20 heavy (non-hydrogen) atoms. The Labute approximate surface area is 115 Å². The molecule has 1 amide bonds. The number of benzene rings is 1. The van der Waals surface area contributed by atoms with Crippen molar-refractivity contribution in [1.82, 2.24) is 4.90 Å². The van der Waals surface area contributed by atoms with E-state index in [-0.39, 0.29) is 23.8 Å². The number of nitro benzene ring substituents is 1. The number of nitrogens with one attached hydrogen (secondary N) is 1. The Balaban J connectivity index is 1.93. The van der Waals surface area contributed by atoms with Crippen molar-refractivity contribution in [2.24, 2.45) is 0 Å². The quantitative estimate of drug-likeness (QED) is 0.678. The molecule has 0 atom stereocenters. The van der Waals surface area contributed by atoms with Crippen LogP contribution in [0.25, 0.3) is 0 Å². The molecule has 108 valence electrons. The Bertz CT molecular complexity index is 516. The summed E-state index contributed by atoms with van der Waals surface area (Å²) in [7, 11) is 0. The van der Waals surface area contributed by atoms with E-state index >= 15 is 0 Å². The minimum atomic E-state index is -0.731. The molecule has 1 aliphatic rings. The summed E-state index contributed by atoms with van der Waals surface area (Å²) in [5.41, 5.74) is -0.212. The number of rotatable bonds is 4. The van der Waals surface area contributed by atoms with Gasteiger partial charge in [-0.3, -0.25) is 14.9 Å². The van der Waals surface area contributed by atoms with E-state index in [1.165, 1.54) is 12.1 Å². The first-order valence-electron chi connectivity index (χ1n) is 6.53. The Morgan fingerprint density at radius 2 is 2.05 bits per heavy atom. The zero-order valence-corrected chi connectivity index (χ0v) is 11.0. The number of hydrogen-bond donors (Lipinski definition) is 1. The van der Waals surface area contributed by atoms with Gasteiger partial charge in [0.05, 0.1) is 23.2 Å². The predicted molar refractivity (Wildman–Crippen MR) is 72.0 cm³/mol. The summed E-state index contributed by atoms with van der Waals surface area (Å²) < 4.78 is 13.6. The lowest BCUT2D eigenvalue weighted by atomic mass is 10.1. The van der Waals surface area contributed by atoms with Crippen molar-refractivity contribution in [2.75, 3.05) is 25.0 Å². The first-order chi connectivity index (χ1) is 9.58. The molecule has 6 nitrogen and oxygen atoms in total. The van der Waals surface area contributed by atoms with Crippen LogP contribution >= 0.6 is 0 Å². The molecule has 0 bridgehead atoms. The number of non-ortho nitro benzene ring substituents is 1. The fourth-order valence-corrected chi connectivity index (χ4v) is 2.19. The van der Waals surface area contributed by atoms with E-state index in [1.807, 2.05) is 0 Å². The number of amides is 1. The molecule has 1 heterocycles. The number of hydrogen-bond acceptors (Lipinski definition) is 4. The zero-order valence-electron chi connectivity index (χ0n) is 11.0. The predicted octanol–water partition coefficient (Wildman–Crippen LogP) is 2.16. The largest absolute Gasteiger partial charge is 0.374 e. The van der Waals surface area contributed by atoms with Crippen LogP contribution in [0, 0.1) is 15.9 Å². The highest BCUT2D eigenvalue weighted by Crippen LogP contribution is 2.20. The van der Waals surface area contributed by atoms with E-state index in [9.17, 15) is 19.3 Å². The van der Waals surface area contributed by atoms with Crippen molar-refractivity contribution < 1.29 is 14.1 Å². The van der Waals surface area contributed by atoms with Crippen LogP contribution in [0.3, 0.4) is 0 Å². The highest BCUT2D eigenvalue weighted by Gasteiger charge is 2.17. The summed E-state index contributed by atoms with van der Waals surface area (Å²) in [6.07, 6.45) is 3.13. The molecule has 1 N–H and O–H groups in total. The number of nitrogens with zero attached hydrogens (tertiary/aromatic N) is 2. The van der Waals surface area contributed by atoms with E-state index in [2.05, 4.69) is 5.32 Å². The first-order valence-corrected chi connectivity index (χ1v) is 6.53. The van der Waals surface area contributed by atoms with Crippen molar-refractivity contribution in [2.45, 2.75) is 19.3 Å². The lowest BCUT2D eigenvalue weighted by Crippen LogP contribution is -2.39. The van der Waals surface area contributed by atoms with Crippen molar-refractivity contribution in [1.29, 1.82) is 0 Å². The first kappa shape index (κ1) is 14.2. The summed E-state index contributed by atoms with van der Waals surface area (Å²) in [6.45, 7) is 1.47. The molecule has 7 heteroatoms. The Morgan fingerprint density at radius 1 is 1.35 bits per heavy atom. The number of halogens is 1. The smallest absolute Gasteiger partial charge is 0.272 e. The summed E-state index contributed by atoms with van der Waals surface area (Å²) in [4.78, 5) is 23.5. The van der Waals surface area contributed by atoms with Gasteiger partial charge in [0.15, 0.2) is 5.82 Å². The number of likely N-dealkylation sites (tertiary alicyclic amines) is 1. The van der Waals surface area contributed by atoms with E-state index in [4.69, 9.17) is 0 Å². The molecule has 1 aliphatic heterocycles. The van der Waals surface area contributed by atoms with Crippen LogP contribution in [0.5, 0.6) is 0 Å². The molecular formula is C13H16FN3O3. The van der Waals surface area contributed by atoms with Crippen molar-refractivity contribution >= 4 is 17.3 Å². The molecule has 0 spiro atoms. The summed E-state index contributed by atoms with van der Waals surface area (Å²) in [5.74, 6) is -0.812. The third-order valence-corrected chi connectivity index (χ3v) is 3.30. The summed E-state index contributed by atoms with van der Waals surface area (Å²) in [6, 6.07) is 3.32. The zero-order chi connectivity index (χ0) is 14.5. The molecule has 0 aliphatic carbocycles. The van der Waals surface area contributed by atoms with Crippen LogP contribution in [-0.4, -0.2) is 35.4 Å². The summed E-state index contributed by atoms with van der Waals surface area (Å²) >= 11 is 0. The molecule has 2 rings (SSSR count). The minimum Gasteiger partial charge on any atom is -0.374 e. The van der Waals surface area contributed by atoms with Gasteiger partial charge in [0.1, 0.15) is 0 Å².